The van der Waals surface area contributed by atoms with Crippen LogP contribution in [-0.2, 0) is 5.41 Å². The van der Waals surface area contributed by atoms with Crippen molar-refractivity contribution >= 4 is 43.4 Å². The zero-order chi connectivity index (χ0) is 30.7. The van der Waals surface area contributed by atoms with E-state index in [1.807, 2.05) is 12.3 Å². The highest BCUT2D eigenvalue weighted by Gasteiger charge is 2.52. The minimum absolute atomic E-state index is 0.391. The second-order valence-corrected chi connectivity index (χ2v) is 12.9. The molecular weight excluding hydrogens is 569 g/mol. The second kappa shape index (κ2) is 8.99. The molecule has 0 amide bonds. The molecule has 0 radical (unpaired) electrons. The molecule has 2 heteroatoms. The molecule has 2 aromatic heterocycles. The molecule has 2 aliphatic carbocycles. The van der Waals surface area contributed by atoms with E-state index >= 15 is 0 Å². The van der Waals surface area contributed by atoms with Gasteiger partial charge < -0.3 is 0 Å². The van der Waals surface area contributed by atoms with Gasteiger partial charge in [-0.25, -0.2) is 4.98 Å². The van der Waals surface area contributed by atoms with E-state index in [-0.39, 0.29) is 0 Å². The number of hydrogen-bond donors (Lipinski definition) is 0. The maximum absolute atomic E-state index is 5.19. The fourth-order valence-electron chi connectivity index (χ4n) is 8.69. The number of hydrogen-bond acceptors (Lipinski definition) is 2. The van der Waals surface area contributed by atoms with Crippen molar-refractivity contribution < 1.29 is 0 Å². The Balaban J connectivity index is 1.21. The summed E-state index contributed by atoms with van der Waals surface area (Å²) < 4.78 is 0. The SMILES string of the molecule is c1ccc2c(c1)-c1ccccc1C21c2cc3cc(-c4ccc5ccc6cccnc6c5n4)ccc3cc2-c2c1ccc1ccccc21. The lowest BCUT2D eigenvalue weighted by molar-refractivity contribution is 0.795. The molecule has 2 aliphatic rings. The second-order valence-electron chi connectivity index (χ2n) is 12.9. The molecule has 2 nitrogen and oxygen atoms in total. The van der Waals surface area contributed by atoms with Crippen molar-refractivity contribution in [3.63, 3.8) is 0 Å². The molecule has 0 aliphatic heterocycles. The van der Waals surface area contributed by atoms with E-state index in [0.29, 0.717) is 0 Å². The Hall–Kier alpha value is -6.12. The summed E-state index contributed by atoms with van der Waals surface area (Å²) in [6.45, 7) is 0. The third kappa shape index (κ3) is 3.19. The summed E-state index contributed by atoms with van der Waals surface area (Å²) in [4.78, 5) is 9.88. The molecule has 7 aromatic carbocycles. The number of aromatic nitrogens is 2. The van der Waals surface area contributed by atoms with Crippen molar-refractivity contribution in [3.05, 3.63) is 180 Å². The van der Waals surface area contributed by atoms with Crippen LogP contribution in [0, 0.1) is 0 Å². The van der Waals surface area contributed by atoms with Crippen LogP contribution < -0.4 is 0 Å². The molecule has 0 fully saturated rings. The van der Waals surface area contributed by atoms with Crippen LogP contribution in [0.25, 0.3) is 76.9 Å². The minimum atomic E-state index is -0.391. The van der Waals surface area contributed by atoms with Crippen LogP contribution in [-0.4, -0.2) is 9.97 Å². The van der Waals surface area contributed by atoms with Crippen LogP contribution in [0.5, 0.6) is 0 Å². The van der Waals surface area contributed by atoms with Gasteiger partial charge in [0.15, 0.2) is 0 Å². The predicted molar refractivity (Wildman–Crippen MR) is 194 cm³/mol. The van der Waals surface area contributed by atoms with Gasteiger partial charge in [0.1, 0.15) is 0 Å². The van der Waals surface area contributed by atoms with E-state index in [1.54, 1.807) is 0 Å². The number of benzene rings is 7. The lowest BCUT2D eigenvalue weighted by Crippen LogP contribution is -2.25. The summed E-state index contributed by atoms with van der Waals surface area (Å²) in [5.41, 5.74) is 14.3. The first-order chi connectivity index (χ1) is 23.3. The molecule has 0 saturated heterocycles. The highest BCUT2D eigenvalue weighted by Crippen LogP contribution is 2.64. The van der Waals surface area contributed by atoms with Gasteiger partial charge in [-0.1, -0.05) is 121 Å². The van der Waals surface area contributed by atoms with Crippen molar-refractivity contribution in [1.29, 1.82) is 0 Å². The van der Waals surface area contributed by atoms with Gasteiger partial charge in [0, 0.05) is 22.5 Å². The Bertz CT molecular complexity index is 2760. The molecule has 47 heavy (non-hydrogen) atoms. The quantitative estimate of drug-likeness (QED) is 0.177. The summed E-state index contributed by atoms with van der Waals surface area (Å²) in [6, 6.07) is 56.0. The number of rotatable bonds is 1. The van der Waals surface area contributed by atoms with Crippen LogP contribution in [0.3, 0.4) is 0 Å². The highest BCUT2D eigenvalue weighted by atomic mass is 14.7. The third-order valence-electron chi connectivity index (χ3n) is 10.7. The monoisotopic (exact) mass is 594 g/mol. The lowest BCUT2D eigenvalue weighted by Gasteiger charge is -2.30. The van der Waals surface area contributed by atoms with E-state index in [9.17, 15) is 0 Å². The summed E-state index contributed by atoms with van der Waals surface area (Å²) in [6.07, 6.45) is 1.85. The Labute approximate surface area is 271 Å². The molecule has 0 N–H and O–H groups in total. The Morgan fingerprint density at radius 3 is 1.94 bits per heavy atom. The van der Waals surface area contributed by atoms with Crippen LogP contribution in [0.2, 0.25) is 0 Å². The minimum Gasteiger partial charge on any atom is -0.254 e. The average Bonchev–Trinajstić information content (AvgIpc) is 3.60. The fourth-order valence-corrected chi connectivity index (χ4v) is 8.69. The first kappa shape index (κ1) is 25.1. The molecule has 216 valence electrons. The molecule has 11 rings (SSSR count). The van der Waals surface area contributed by atoms with E-state index in [1.165, 1.54) is 66.1 Å². The van der Waals surface area contributed by atoms with Gasteiger partial charge in [-0.3, -0.25) is 4.98 Å². The van der Waals surface area contributed by atoms with Crippen LogP contribution in [0.1, 0.15) is 22.3 Å². The molecule has 0 bridgehead atoms. The normalized spacial score (nSPS) is 13.7. The van der Waals surface area contributed by atoms with Crippen molar-refractivity contribution in [2.24, 2.45) is 0 Å². The third-order valence-corrected chi connectivity index (χ3v) is 10.7. The van der Waals surface area contributed by atoms with E-state index in [4.69, 9.17) is 4.98 Å². The van der Waals surface area contributed by atoms with E-state index in [0.717, 1.165) is 33.1 Å². The van der Waals surface area contributed by atoms with Gasteiger partial charge in [0.05, 0.1) is 22.1 Å². The summed E-state index contributed by atoms with van der Waals surface area (Å²) in [5.74, 6) is 0. The topological polar surface area (TPSA) is 25.8 Å². The lowest BCUT2D eigenvalue weighted by atomic mass is 9.70. The molecule has 0 unspecified atom stereocenters. The molecule has 9 aromatic rings. The summed E-state index contributed by atoms with van der Waals surface area (Å²) in [7, 11) is 0. The van der Waals surface area contributed by atoms with Gasteiger partial charge in [-0.2, -0.15) is 0 Å². The maximum Gasteiger partial charge on any atom is 0.0972 e. The first-order valence-corrected chi connectivity index (χ1v) is 16.2. The molecule has 2 heterocycles. The van der Waals surface area contributed by atoms with Crippen LogP contribution in [0.15, 0.2) is 158 Å². The zero-order valence-corrected chi connectivity index (χ0v) is 25.4. The van der Waals surface area contributed by atoms with Gasteiger partial charge in [-0.15, -0.1) is 0 Å². The molecular formula is C45H26N2. The van der Waals surface area contributed by atoms with Crippen molar-refractivity contribution in [2.75, 3.05) is 0 Å². The zero-order valence-electron chi connectivity index (χ0n) is 25.4. The van der Waals surface area contributed by atoms with Gasteiger partial charge in [0.25, 0.3) is 0 Å². The number of fused-ring (bicyclic) bond motifs is 16. The fraction of sp³-hybridized carbons (Fsp3) is 0.0222. The number of nitrogens with zero attached hydrogens (tertiary/aromatic N) is 2. The highest BCUT2D eigenvalue weighted by molar-refractivity contribution is 6.09. The maximum atomic E-state index is 5.19. The number of pyridine rings is 2. The van der Waals surface area contributed by atoms with Crippen molar-refractivity contribution in [3.8, 4) is 33.5 Å². The van der Waals surface area contributed by atoms with Crippen molar-refractivity contribution in [2.45, 2.75) is 5.41 Å². The summed E-state index contributed by atoms with van der Waals surface area (Å²) >= 11 is 0. The van der Waals surface area contributed by atoms with E-state index in [2.05, 4.69) is 151 Å². The Kier molecular flexibility index (Phi) is 4.80. The van der Waals surface area contributed by atoms with Crippen LogP contribution >= 0.6 is 0 Å². The van der Waals surface area contributed by atoms with Gasteiger partial charge in [-0.05, 0) is 96.4 Å². The molecule has 0 atom stereocenters. The largest absolute Gasteiger partial charge is 0.254 e. The van der Waals surface area contributed by atoms with Crippen molar-refractivity contribution in [1.82, 2.24) is 9.97 Å². The standard InChI is InChI=1S/C45H26N2/c1-2-10-33-27(8-1)19-21-39-42(33)36-25-30-17-18-31(41-22-20-29-16-15-28-9-7-23-46-43(28)44(29)47-41)24-32(30)26-40(36)45(39)37-13-5-3-11-34(37)35-12-4-6-14-38(35)45/h1-26H. The molecule has 1 spiro atoms. The molecule has 0 saturated carbocycles. The summed E-state index contributed by atoms with van der Waals surface area (Å²) in [5, 5.41) is 7.24. The average molecular weight is 595 g/mol. The van der Waals surface area contributed by atoms with Gasteiger partial charge in [0.2, 0.25) is 0 Å². The van der Waals surface area contributed by atoms with Crippen LogP contribution in [0.4, 0.5) is 0 Å². The Morgan fingerprint density at radius 1 is 0.404 bits per heavy atom. The predicted octanol–water partition coefficient (Wildman–Crippen LogP) is 11.1. The first-order valence-electron chi connectivity index (χ1n) is 16.2. The van der Waals surface area contributed by atoms with Gasteiger partial charge >= 0.3 is 0 Å². The van der Waals surface area contributed by atoms with E-state index < -0.39 is 5.41 Å². The Morgan fingerprint density at radius 2 is 1.09 bits per heavy atom. The smallest absolute Gasteiger partial charge is 0.0972 e.